The molecule has 1 aliphatic rings. The van der Waals surface area contributed by atoms with Gasteiger partial charge >= 0.3 is 0 Å². The summed E-state index contributed by atoms with van der Waals surface area (Å²) < 4.78 is 1.42. The first-order chi connectivity index (χ1) is 7.42. The molecule has 6 heteroatoms. The molecule has 0 aliphatic heterocycles. The summed E-state index contributed by atoms with van der Waals surface area (Å²) in [7, 11) is 0. The van der Waals surface area contributed by atoms with Gasteiger partial charge in [-0.25, -0.2) is 0 Å². The van der Waals surface area contributed by atoms with Gasteiger partial charge in [-0.3, -0.25) is 0 Å². The molecule has 2 heterocycles. The van der Waals surface area contributed by atoms with Crippen LogP contribution in [0.15, 0.2) is 24.3 Å². The molecule has 0 atom stereocenters. The monoisotopic (exact) mass is 202 g/mol. The zero-order chi connectivity index (χ0) is 10.1. The smallest absolute Gasteiger partial charge is 0.200 e. The summed E-state index contributed by atoms with van der Waals surface area (Å²) in [5.41, 5.74) is 0.657. The Morgan fingerprint density at radius 1 is 1.27 bits per heavy atom. The van der Waals surface area contributed by atoms with Crippen LogP contribution in [0.1, 0.15) is 12.8 Å². The van der Waals surface area contributed by atoms with Crippen molar-refractivity contribution in [2.45, 2.75) is 18.9 Å². The number of anilines is 1. The summed E-state index contributed by atoms with van der Waals surface area (Å²) in [5.74, 6) is 0.809. The molecule has 6 nitrogen and oxygen atoms in total. The Hall–Kier alpha value is -1.98. The quantitative estimate of drug-likeness (QED) is 0.724. The van der Waals surface area contributed by atoms with E-state index in [0.29, 0.717) is 11.7 Å². The molecule has 0 saturated heterocycles. The second-order valence-corrected chi connectivity index (χ2v) is 3.53. The van der Waals surface area contributed by atoms with Crippen LogP contribution in [0.4, 0.5) is 5.82 Å². The van der Waals surface area contributed by atoms with E-state index in [0.717, 1.165) is 18.7 Å². The first kappa shape index (κ1) is 8.34. The van der Waals surface area contributed by atoms with Crippen LogP contribution >= 0.6 is 0 Å². The topological polar surface area (TPSA) is 68.0 Å². The molecule has 0 bridgehead atoms. The second-order valence-electron chi connectivity index (χ2n) is 3.53. The highest BCUT2D eigenvalue weighted by Gasteiger charge is 2.10. The van der Waals surface area contributed by atoms with Crippen molar-refractivity contribution in [1.29, 1.82) is 0 Å². The lowest BCUT2D eigenvalue weighted by Gasteiger charge is -2.11. The Kier molecular flexibility index (Phi) is 1.84. The van der Waals surface area contributed by atoms with Gasteiger partial charge < -0.3 is 5.32 Å². The van der Waals surface area contributed by atoms with Crippen molar-refractivity contribution in [3.05, 3.63) is 24.3 Å². The van der Waals surface area contributed by atoms with Gasteiger partial charge in [0.1, 0.15) is 5.82 Å². The van der Waals surface area contributed by atoms with Crippen molar-refractivity contribution in [1.82, 2.24) is 25.3 Å². The van der Waals surface area contributed by atoms with E-state index >= 15 is 0 Å². The average molecular weight is 202 g/mol. The van der Waals surface area contributed by atoms with E-state index in [4.69, 9.17) is 0 Å². The van der Waals surface area contributed by atoms with Crippen molar-refractivity contribution < 1.29 is 0 Å². The van der Waals surface area contributed by atoms with E-state index in [-0.39, 0.29) is 0 Å². The van der Waals surface area contributed by atoms with Crippen LogP contribution in [0.5, 0.6) is 0 Å². The Morgan fingerprint density at radius 2 is 2.13 bits per heavy atom. The van der Waals surface area contributed by atoms with Gasteiger partial charge in [0.05, 0.1) is 0 Å². The van der Waals surface area contributed by atoms with Crippen molar-refractivity contribution >= 4 is 11.5 Å². The van der Waals surface area contributed by atoms with Crippen molar-refractivity contribution in [2.24, 2.45) is 0 Å². The van der Waals surface area contributed by atoms with Crippen LogP contribution in [0.3, 0.4) is 0 Å². The van der Waals surface area contributed by atoms with Crippen LogP contribution in [-0.4, -0.2) is 31.3 Å². The maximum atomic E-state index is 4.24. The molecule has 2 aromatic heterocycles. The number of aromatic nitrogens is 5. The van der Waals surface area contributed by atoms with E-state index in [1.54, 1.807) is 0 Å². The molecule has 0 spiro atoms. The number of hydrogen-bond acceptors (Lipinski definition) is 5. The normalized spacial score (nSPS) is 16.3. The van der Waals surface area contributed by atoms with Gasteiger partial charge in [-0.15, -0.1) is 14.8 Å². The van der Waals surface area contributed by atoms with Crippen molar-refractivity contribution in [3.8, 4) is 0 Å². The van der Waals surface area contributed by atoms with Crippen LogP contribution < -0.4 is 5.32 Å². The molecule has 0 fully saturated rings. The van der Waals surface area contributed by atoms with Gasteiger partial charge in [0.25, 0.3) is 0 Å². The zero-order valence-electron chi connectivity index (χ0n) is 8.04. The third-order valence-electron chi connectivity index (χ3n) is 2.43. The predicted molar refractivity (Wildman–Crippen MR) is 54.4 cm³/mol. The maximum Gasteiger partial charge on any atom is 0.200 e. The second kappa shape index (κ2) is 3.30. The number of tetrazole rings is 1. The van der Waals surface area contributed by atoms with E-state index in [2.05, 4.69) is 38.1 Å². The minimum Gasteiger partial charge on any atom is -0.365 e. The van der Waals surface area contributed by atoms with Gasteiger partial charge in [0.2, 0.25) is 0 Å². The van der Waals surface area contributed by atoms with E-state index in [9.17, 15) is 0 Å². The molecule has 0 saturated carbocycles. The highest BCUT2D eigenvalue weighted by atomic mass is 15.6. The molecule has 76 valence electrons. The molecule has 3 rings (SSSR count). The number of nitrogens with zero attached hydrogens (tertiary/aromatic N) is 5. The van der Waals surface area contributed by atoms with Crippen molar-refractivity contribution in [2.75, 3.05) is 5.32 Å². The number of rotatable bonds is 2. The first-order valence-electron chi connectivity index (χ1n) is 4.89. The molecule has 0 unspecified atom stereocenters. The third kappa shape index (κ3) is 1.54. The fourth-order valence-electron chi connectivity index (χ4n) is 1.67. The summed E-state index contributed by atoms with van der Waals surface area (Å²) in [4.78, 5) is 0. The van der Waals surface area contributed by atoms with Crippen molar-refractivity contribution in [3.63, 3.8) is 0 Å². The lowest BCUT2D eigenvalue weighted by molar-refractivity contribution is 0.718. The number of fused-ring (bicyclic) bond motifs is 1. The van der Waals surface area contributed by atoms with Gasteiger partial charge in [0, 0.05) is 6.04 Å². The minimum atomic E-state index is 0.450. The standard InChI is InChI=1S/C9H10N6/c1-2-4-7(3-1)10-8-5-6-9-11-13-14-15(9)12-8/h1-2,5-7H,3-4H2,(H,10,12). The third-order valence-corrected chi connectivity index (χ3v) is 2.43. The number of nitrogens with one attached hydrogen (secondary N) is 1. The number of hydrogen-bond donors (Lipinski definition) is 1. The Bertz CT molecular complexity index is 494. The Labute approximate surface area is 86.0 Å². The lowest BCUT2D eigenvalue weighted by Crippen LogP contribution is -2.16. The Balaban J connectivity index is 1.84. The van der Waals surface area contributed by atoms with E-state index in [1.165, 1.54) is 4.63 Å². The minimum absolute atomic E-state index is 0.450. The van der Waals surface area contributed by atoms with Gasteiger partial charge in [0.15, 0.2) is 5.65 Å². The largest absolute Gasteiger partial charge is 0.365 e. The summed E-state index contributed by atoms with van der Waals surface area (Å²) in [6, 6.07) is 4.19. The van der Waals surface area contributed by atoms with Gasteiger partial charge in [-0.2, -0.15) is 0 Å². The first-order valence-corrected chi connectivity index (χ1v) is 4.89. The van der Waals surface area contributed by atoms with Gasteiger partial charge in [-0.1, -0.05) is 12.2 Å². The maximum absolute atomic E-state index is 4.24. The molecule has 0 aromatic carbocycles. The lowest BCUT2D eigenvalue weighted by atomic mass is 10.2. The average Bonchev–Trinajstić information content (AvgIpc) is 2.87. The van der Waals surface area contributed by atoms with E-state index in [1.807, 2.05) is 12.1 Å². The molecule has 1 N–H and O–H groups in total. The Morgan fingerprint density at radius 3 is 3.00 bits per heavy atom. The van der Waals surface area contributed by atoms with Gasteiger partial charge in [-0.05, 0) is 35.4 Å². The molecular weight excluding hydrogens is 192 g/mol. The van der Waals surface area contributed by atoms with Crippen LogP contribution in [-0.2, 0) is 0 Å². The molecule has 1 aliphatic carbocycles. The van der Waals surface area contributed by atoms with E-state index < -0.39 is 0 Å². The predicted octanol–water partition coefficient (Wildman–Crippen LogP) is 0.650. The highest BCUT2D eigenvalue weighted by Crippen LogP contribution is 2.14. The summed E-state index contributed by atoms with van der Waals surface area (Å²) in [6.07, 6.45) is 6.45. The van der Waals surface area contributed by atoms with Crippen LogP contribution in [0, 0.1) is 0 Å². The SMILES string of the molecule is C1=CCC(Nc2ccc3nnnn3n2)C1. The fraction of sp³-hybridized carbons (Fsp3) is 0.333. The molecule has 2 aromatic rings. The molecule has 0 amide bonds. The molecular formula is C9H10N6. The molecule has 0 radical (unpaired) electrons. The fourth-order valence-corrected chi connectivity index (χ4v) is 1.67. The summed E-state index contributed by atoms with van der Waals surface area (Å²) in [6.45, 7) is 0. The van der Waals surface area contributed by atoms with Crippen LogP contribution in [0.25, 0.3) is 5.65 Å². The summed E-state index contributed by atoms with van der Waals surface area (Å²) >= 11 is 0. The molecule has 15 heavy (non-hydrogen) atoms. The highest BCUT2D eigenvalue weighted by molar-refractivity contribution is 5.43. The summed E-state index contributed by atoms with van der Waals surface area (Å²) in [5, 5.41) is 18.6. The zero-order valence-corrected chi connectivity index (χ0v) is 8.04. The van der Waals surface area contributed by atoms with Crippen LogP contribution in [0.2, 0.25) is 0 Å².